The summed E-state index contributed by atoms with van der Waals surface area (Å²) in [7, 11) is 0. The second kappa shape index (κ2) is 6.60. The molecule has 0 spiro atoms. The molecule has 0 unspecified atom stereocenters. The Hall–Kier alpha value is -3.37. The van der Waals surface area contributed by atoms with Gasteiger partial charge in [-0.15, -0.1) is 6.42 Å². The molecule has 0 aliphatic carbocycles. The number of aryl methyl sites for hydroxylation is 1. The van der Waals surface area contributed by atoms with E-state index in [0.717, 1.165) is 5.56 Å². The average Bonchev–Trinajstić information content (AvgIpc) is 2.55. The fourth-order valence-electron chi connectivity index (χ4n) is 2.05. The first-order valence-electron chi connectivity index (χ1n) is 6.53. The van der Waals surface area contributed by atoms with Crippen LogP contribution in [-0.2, 0) is 0 Å². The number of nitro benzene ring substituents is 1. The number of nitro groups is 1. The van der Waals surface area contributed by atoms with Crippen LogP contribution in [0, 0.1) is 29.4 Å². The maximum absolute atomic E-state index is 11.7. The molecule has 0 saturated carbocycles. The molecule has 0 atom stereocenters. The van der Waals surface area contributed by atoms with Gasteiger partial charge in [0.05, 0.1) is 16.2 Å². The molecule has 0 saturated heterocycles. The number of non-ortho nitro benzene ring substituents is 1. The van der Waals surface area contributed by atoms with Crippen LogP contribution in [0.2, 0.25) is 0 Å². The van der Waals surface area contributed by atoms with Crippen LogP contribution in [0.15, 0.2) is 36.4 Å². The van der Waals surface area contributed by atoms with Crippen molar-refractivity contribution in [1.29, 1.82) is 0 Å². The quantitative estimate of drug-likeness (QED) is 0.348. The normalized spacial score (nSPS) is 9.78. The zero-order valence-corrected chi connectivity index (χ0v) is 12.2. The van der Waals surface area contributed by atoms with Gasteiger partial charge in [-0.05, 0) is 36.8 Å². The summed E-state index contributed by atoms with van der Waals surface area (Å²) in [4.78, 5) is 22.0. The molecule has 7 heteroatoms. The molecule has 2 aromatic carbocycles. The van der Waals surface area contributed by atoms with Crippen LogP contribution in [0.1, 0.15) is 21.5 Å². The van der Waals surface area contributed by atoms with Crippen LogP contribution in [0.3, 0.4) is 0 Å². The van der Waals surface area contributed by atoms with Gasteiger partial charge in [0.15, 0.2) is 0 Å². The SMILES string of the molecule is C#Cc1ccc(Nc2cc([N+](=O)[O-])ccc2C(=O)NO)c(C)c1. The van der Waals surface area contributed by atoms with E-state index in [2.05, 4.69) is 11.2 Å². The predicted octanol–water partition coefficient (Wildman–Crippen LogP) is 2.75. The molecule has 1 amide bonds. The predicted molar refractivity (Wildman–Crippen MR) is 84.7 cm³/mol. The van der Waals surface area contributed by atoms with Crippen LogP contribution < -0.4 is 10.8 Å². The number of rotatable bonds is 4. The maximum Gasteiger partial charge on any atom is 0.276 e. The van der Waals surface area contributed by atoms with Gasteiger partial charge in [0.25, 0.3) is 11.6 Å². The third kappa shape index (κ3) is 3.45. The van der Waals surface area contributed by atoms with E-state index >= 15 is 0 Å². The molecule has 23 heavy (non-hydrogen) atoms. The van der Waals surface area contributed by atoms with Crippen molar-refractivity contribution in [2.75, 3.05) is 5.32 Å². The zero-order valence-electron chi connectivity index (χ0n) is 12.2. The first-order chi connectivity index (χ1) is 11.0. The lowest BCUT2D eigenvalue weighted by Gasteiger charge is -2.13. The van der Waals surface area contributed by atoms with Crippen molar-refractivity contribution in [3.05, 3.63) is 63.2 Å². The van der Waals surface area contributed by atoms with E-state index in [9.17, 15) is 14.9 Å². The van der Waals surface area contributed by atoms with Crippen molar-refractivity contribution >= 4 is 23.0 Å². The molecule has 0 aliphatic heterocycles. The van der Waals surface area contributed by atoms with Crippen LogP contribution >= 0.6 is 0 Å². The van der Waals surface area contributed by atoms with E-state index in [1.165, 1.54) is 23.7 Å². The van der Waals surface area contributed by atoms with Crippen LogP contribution in [0.5, 0.6) is 0 Å². The Morgan fingerprint density at radius 1 is 1.26 bits per heavy atom. The van der Waals surface area contributed by atoms with Gasteiger partial charge < -0.3 is 5.32 Å². The van der Waals surface area contributed by atoms with Gasteiger partial charge >= 0.3 is 0 Å². The fraction of sp³-hybridized carbons (Fsp3) is 0.0625. The van der Waals surface area contributed by atoms with Gasteiger partial charge in [0.1, 0.15) is 0 Å². The Balaban J connectivity index is 2.48. The van der Waals surface area contributed by atoms with Crippen molar-refractivity contribution in [2.45, 2.75) is 6.92 Å². The van der Waals surface area contributed by atoms with E-state index in [1.54, 1.807) is 18.2 Å². The highest BCUT2D eigenvalue weighted by Gasteiger charge is 2.16. The summed E-state index contributed by atoms with van der Waals surface area (Å²) in [5, 5.41) is 22.7. The number of carbonyl (C=O) groups is 1. The maximum atomic E-state index is 11.7. The number of anilines is 2. The van der Waals surface area contributed by atoms with Crippen molar-refractivity contribution in [2.24, 2.45) is 0 Å². The summed E-state index contributed by atoms with van der Waals surface area (Å²) in [6.45, 7) is 1.81. The van der Waals surface area contributed by atoms with Crippen LogP contribution in [0.4, 0.5) is 17.1 Å². The smallest absolute Gasteiger partial charge is 0.276 e. The van der Waals surface area contributed by atoms with E-state index in [0.29, 0.717) is 11.3 Å². The molecule has 3 N–H and O–H groups in total. The van der Waals surface area contributed by atoms with Crippen molar-refractivity contribution in [3.8, 4) is 12.3 Å². The highest BCUT2D eigenvalue weighted by atomic mass is 16.6. The number of benzene rings is 2. The van der Waals surface area contributed by atoms with Gasteiger partial charge in [-0.3, -0.25) is 20.1 Å². The summed E-state index contributed by atoms with van der Waals surface area (Å²) < 4.78 is 0. The van der Waals surface area contributed by atoms with Crippen molar-refractivity contribution in [1.82, 2.24) is 5.48 Å². The minimum atomic E-state index is -0.778. The molecule has 2 rings (SSSR count). The summed E-state index contributed by atoms with van der Waals surface area (Å²) >= 11 is 0. The first-order valence-corrected chi connectivity index (χ1v) is 6.53. The Kier molecular flexibility index (Phi) is 4.59. The monoisotopic (exact) mass is 311 g/mol. The number of nitrogens with zero attached hydrogens (tertiary/aromatic N) is 1. The Bertz CT molecular complexity index is 825. The molecular formula is C16H13N3O4. The molecule has 0 radical (unpaired) electrons. The lowest BCUT2D eigenvalue weighted by Crippen LogP contribution is -2.20. The summed E-state index contributed by atoms with van der Waals surface area (Å²) in [6, 6.07) is 8.86. The molecule has 0 heterocycles. The highest BCUT2D eigenvalue weighted by molar-refractivity contribution is 6.00. The van der Waals surface area contributed by atoms with Crippen molar-refractivity contribution in [3.63, 3.8) is 0 Å². The van der Waals surface area contributed by atoms with Gasteiger partial charge in [-0.1, -0.05) is 5.92 Å². The lowest BCUT2D eigenvalue weighted by molar-refractivity contribution is -0.384. The molecule has 0 aliphatic rings. The summed E-state index contributed by atoms with van der Waals surface area (Å²) in [5.74, 6) is 1.73. The average molecular weight is 311 g/mol. The number of hydroxylamine groups is 1. The third-order valence-corrected chi connectivity index (χ3v) is 3.22. The fourth-order valence-corrected chi connectivity index (χ4v) is 2.05. The van der Waals surface area contributed by atoms with E-state index in [4.69, 9.17) is 11.6 Å². The number of terminal acetylenes is 1. The molecule has 7 nitrogen and oxygen atoms in total. The first kappa shape index (κ1) is 16.0. The minimum Gasteiger partial charge on any atom is -0.354 e. The molecule has 116 valence electrons. The zero-order chi connectivity index (χ0) is 17.0. The Labute approximate surface area is 132 Å². The molecular weight excluding hydrogens is 298 g/mol. The van der Waals surface area contributed by atoms with Crippen LogP contribution in [0.25, 0.3) is 0 Å². The van der Waals surface area contributed by atoms with Gasteiger partial charge in [0, 0.05) is 23.4 Å². The second-order valence-electron chi connectivity index (χ2n) is 4.73. The second-order valence-corrected chi connectivity index (χ2v) is 4.73. The van der Waals surface area contributed by atoms with Gasteiger partial charge in [-0.2, -0.15) is 0 Å². The van der Waals surface area contributed by atoms with E-state index < -0.39 is 10.8 Å². The summed E-state index contributed by atoms with van der Waals surface area (Å²) in [5.41, 5.74) is 3.74. The number of amides is 1. The van der Waals surface area contributed by atoms with Crippen molar-refractivity contribution < 1.29 is 14.9 Å². The molecule has 2 aromatic rings. The number of nitrogens with one attached hydrogen (secondary N) is 2. The van der Waals surface area contributed by atoms with Gasteiger partial charge in [-0.25, -0.2) is 5.48 Å². The highest BCUT2D eigenvalue weighted by Crippen LogP contribution is 2.28. The lowest BCUT2D eigenvalue weighted by atomic mass is 10.1. The molecule has 0 fully saturated rings. The number of hydrogen-bond acceptors (Lipinski definition) is 5. The Morgan fingerprint density at radius 3 is 2.57 bits per heavy atom. The molecule has 0 bridgehead atoms. The van der Waals surface area contributed by atoms with E-state index in [-0.39, 0.29) is 16.9 Å². The van der Waals surface area contributed by atoms with Crippen LogP contribution in [-0.4, -0.2) is 16.0 Å². The van der Waals surface area contributed by atoms with Gasteiger partial charge in [0.2, 0.25) is 0 Å². The summed E-state index contributed by atoms with van der Waals surface area (Å²) in [6.07, 6.45) is 5.33. The largest absolute Gasteiger partial charge is 0.354 e. The standard InChI is InChI=1S/C16H13N3O4/c1-3-11-4-7-14(10(2)8-11)17-15-9-12(19(22)23)5-6-13(15)16(20)18-21/h1,4-9,17,21H,2H3,(H,18,20). The Morgan fingerprint density at radius 2 is 2.00 bits per heavy atom. The third-order valence-electron chi connectivity index (χ3n) is 3.22. The number of hydrogen-bond donors (Lipinski definition) is 3. The number of carbonyl (C=O) groups excluding carboxylic acids is 1. The topological polar surface area (TPSA) is 105 Å². The minimum absolute atomic E-state index is 0.0681. The van der Waals surface area contributed by atoms with E-state index in [1.807, 2.05) is 6.92 Å². The molecule has 0 aromatic heterocycles.